The van der Waals surface area contributed by atoms with E-state index in [0.717, 1.165) is 19.3 Å². The van der Waals surface area contributed by atoms with E-state index in [1.54, 1.807) is 0 Å². The third kappa shape index (κ3) is 4.11. The zero-order valence-corrected chi connectivity index (χ0v) is 8.29. The normalized spacial score (nSPS) is 23.5. The quantitative estimate of drug-likeness (QED) is 0.379. The highest BCUT2D eigenvalue weighted by Gasteiger charge is 2.16. The van der Waals surface area contributed by atoms with E-state index < -0.39 is 0 Å². The number of rotatable bonds is 4. The van der Waals surface area contributed by atoms with E-state index in [2.05, 4.69) is 13.0 Å². The Bertz CT molecular complexity index is 185. The molecular weight excluding hydrogens is 164 g/mol. The van der Waals surface area contributed by atoms with Crippen LogP contribution in [-0.4, -0.2) is 12.1 Å². The van der Waals surface area contributed by atoms with Gasteiger partial charge in [0.05, 0.1) is 0 Å². The third-order valence-corrected chi connectivity index (χ3v) is 2.23. The van der Waals surface area contributed by atoms with Gasteiger partial charge in [-0.1, -0.05) is 25.8 Å². The second-order valence-electron chi connectivity index (χ2n) is 3.49. The van der Waals surface area contributed by atoms with Gasteiger partial charge in [-0.25, -0.2) is 0 Å². The van der Waals surface area contributed by atoms with Crippen molar-refractivity contribution in [1.82, 2.24) is 0 Å². The average Bonchev–Trinajstić information content (AvgIpc) is 2.13. The lowest BCUT2D eigenvalue weighted by Gasteiger charge is -2.18. The van der Waals surface area contributed by atoms with E-state index in [4.69, 9.17) is 4.74 Å². The molecule has 2 nitrogen and oxygen atoms in total. The van der Waals surface area contributed by atoms with Crippen LogP contribution in [0.15, 0.2) is 12.2 Å². The van der Waals surface area contributed by atoms with Crippen molar-refractivity contribution >= 4 is 5.97 Å². The van der Waals surface area contributed by atoms with Gasteiger partial charge in [0.25, 0.3) is 0 Å². The van der Waals surface area contributed by atoms with Gasteiger partial charge in [-0.15, -0.1) is 0 Å². The number of cyclic esters (lactones) is 1. The third-order valence-electron chi connectivity index (χ3n) is 2.23. The summed E-state index contributed by atoms with van der Waals surface area (Å²) < 4.78 is 5.14. The maximum Gasteiger partial charge on any atom is 0.306 e. The highest BCUT2D eigenvalue weighted by Crippen LogP contribution is 2.15. The van der Waals surface area contributed by atoms with Crippen molar-refractivity contribution in [2.45, 2.75) is 51.6 Å². The molecular formula is C11H18O2. The summed E-state index contributed by atoms with van der Waals surface area (Å²) in [5.41, 5.74) is 0. The Labute approximate surface area is 80.0 Å². The SMILES string of the molecule is CCCCC=CC1CCCC(=O)O1. The molecule has 0 radical (unpaired) electrons. The Balaban J connectivity index is 2.19. The number of ether oxygens (including phenoxy) is 1. The van der Waals surface area contributed by atoms with Crippen LogP contribution in [0, 0.1) is 0 Å². The van der Waals surface area contributed by atoms with Gasteiger partial charge in [0.15, 0.2) is 0 Å². The number of hydrogen-bond acceptors (Lipinski definition) is 2. The van der Waals surface area contributed by atoms with Crippen molar-refractivity contribution in [2.75, 3.05) is 0 Å². The topological polar surface area (TPSA) is 26.3 Å². The fourth-order valence-corrected chi connectivity index (χ4v) is 1.44. The Morgan fingerprint density at radius 2 is 2.46 bits per heavy atom. The first kappa shape index (κ1) is 10.3. The molecule has 1 rings (SSSR count). The number of esters is 1. The number of unbranched alkanes of at least 4 members (excludes halogenated alkanes) is 2. The molecule has 1 aliphatic heterocycles. The fraction of sp³-hybridized carbons (Fsp3) is 0.727. The molecule has 0 aliphatic carbocycles. The minimum Gasteiger partial charge on any atom is -0.458 e. The highest BCUT2D eigenvalue weighted by molar-refractivity contribution is 5.70. The molecule has 2 heteroatoms. The first-order valence-electron chi connectivity index (χ1n) is 5.19. The van der Waals surface area contributed by atoms with E-state index in [0.29, 0.717) is 6.42 Å². The van der Waals surface area contributed by atoms with Crippen molar-refractivity contribution in [2.24, 2.45) is 0 Å². The van der Waals surface area contributed by atoms with Gasteiger partial charge >= 0.3 is 5.97 Å². The van der Waals surface area contributed by atoms with Crippen molar-refractivity contribution in [3.05, 3.63) is 12.2 Å². The molecule has 0 aromatic rings. The minimum atomic E-state index is -0.0450. The molecule has 0 amide bonds. The lowest BCUT2D eigenvalue weighted by atomic mass is 10.1. The van der Waals surface area contributed by atoms with E-state index in [1.165, 1.54) is 12.8 Å². The molecule has 13 heavy (non-hydrogen) atoms. The van der Waals surface area contributed by atoms with E-state index in [1.807, 2.05) is 6.08 Å². The summed E-state index contributed by atoms with van der Waals surface area (Å²) in [6.45, 7) is 2.18. The van der Waals surface area contributed by atoms with Crippen LogP contribution >= 0.6 is 0 Å². The Hall–Kier alpha value is -0.790. The predicted octanol–water partition coefficient (Wildman–Crippen LogP) is 2.83. The van der Waals surface area contributed by atoms with Gasteiger partial charge in [0.1, 0.15) is 6.10 Å². The van der Waals surface area contributed by atoms with E-state index in [-0.39, 0.29) is 12.1 Å². The summed E-state index contributed by atoms with van der Waals surface area (Å²) >= 11 is 0. The lowest BCUT2D eigenvalue weighted by Crippen LogP contribution is -2.21. The monoisotopic (exact) mass is 182 g/mol. The van der Waals surface area contributed by atoms with Crippen LogP contribution < -0.4 is 0 Å². The van der Waals surface area contributed by atoms with Gasteiger partial charge in [-0.05, 0) is 25.3 Å². The number of carbonyl (C=O) groups is 1. The minimum absolute atomic E-state index is 0.0450. The van der Waals surface area contributed by atoms with Crippen LogP contribution in [-0.2, 0) is 9.53 Å². The van der Waals surface area contributed by atoms with Crippen molar-refractivity contribution in [3.63, 3.8) is 0 Å². The van der Waals surface area contributed by atoms with E-state index >= 15 is 0 Å². The standard InChI is InChI=1S/C11H18O2/c1-2-3-4-5-7-10-8-6-9-11(12)13-10/h5,7,10H,2-4,6,8-9H2,1H3. The molecule has 0 aromatic carbocycles. The fourth-order valence-electron chi connectivity index (χ4n) is 1.44. The molecule has 1 fully saturated rings. The van der Waals surface area contributed by atoms with Crippen LogP contribution in [0.25, 0.3) is 0 Å². The Morgan fingerprint density at radius 3 is 3.15 bits per heavy atom. The molecule has 1 unspecified atom stereocenters. The molecule has 0 aromatic heterocycles. The van der Waals surface area contributed by atoms with Crippen LogP contribution in [0.5, 0.6) is 0 Å². The zero-order valence-electron chi connectivity index (χ0n) is 8.29. The van der Waals surface area contributed by atoms with Crippen LogP contribution in [0.2, 0.25) is 0 Å². The van der Waals surface area contributed by atoms with Gasteiger partial charge in [0, 0.05) is 6.42 Å². The largest absolute Gasteiger partial charge is 0.458 e. The summed E-state index contributed by atoms with van der Waals surface area (Å²) in [5.74, 6) is -0.0450. The molecule has 1 saturated heterocycles. The molecule has 0 saturated carbocycles. The first-order chi connectivity index (χ1) is 6.33. The maximum absolute atomic E-state index is 10.9. The van der Waals surface area contributed by atoms with Gasteiger partial charge in [-0.2, -0.15) is 0 Å². The summed E-state index contributed by atoms with van der Waals surface area (Å²) in [6.07, 6.45) is 10.3. The van der Waals surface area contributed by atoms with Gasteiger partial charge in [-0.3, -0.25) is 4.79 Å². The average molecular weight is 182 g/mol. The molecule has 1 aliphatic rings. The van der Waals surface area contributed by atoms with Gasteiger partial charge < -0.3 is 4.74 Å². The van der Waals surface area contributed by atoms with Crippen molar-refractivity contribution in [1.29, 1.82) is 0 Å². The molecule has 0 bridgehead atoms. The summed E-state index contributed by atoms with van der Waals surface area (Å²) in [7, 11) is 0. The molecule has 1 heterocycles. The number of hydrogen-bond donors (Lipinski definition) is 0. The Kier molecular flexibility index (Phi) is 4.58. The Morgan fingerprint density at radius 1 is 1.62 bits per heavy atom. The molecule has 1 atom stereocenters. The summed E-state index contributed by atoms with van der Waals surface area (Å²) in [5, 5.41) is 0. The second kappa shape index (κ2) is 5.79. The zero-order chi connectivity index (χ0) is 9.52. The van der Waals surface area contributed by atoms with Crippen molar-refractivity contribution < 1.29 is 9.53 Å². The number of carbonyl (C=O) groups excluding carboxylic acids is 1. The first-order valence-corrected chi connectivity index (χ1v) is 5.19. The molecule has 0 spiro atoms. The van der Waals surface area contributed by atoms with Crippen molar-refractivity contribution in [3.8, 4) is 0 Å². The molecule has 0 N–H and O–H groups in total. The summed E-state index contributed by atoms with van der Waals surface area (Å²) in [6, 6.07) is 0. The van der Waals surface area contributed by atoms with Crippen LogP contribution in [0.4, 0.5) is 0 Å². The van der Waals surface area contributed by atoms with Crippen LogP contribution in [0.3, 0.4) is 0 Å². The maximum atomic E-state index is 10.9. The van der Waals surface area contributed by atoms with E-state index in [9.17, 15) is 4.79 Å². The summed E-state index contributed by atoms with van der Waals surface area (Å²) in [4.78, 5) is 10.9. The molecule has 74 valence electrons. The predicted molar refractivity (Wildman–Crippen MR) is 52.4 cm³/mol. The smallest absolute Gasteiger partial charge is 0.306 e. The van der Waals surface area contributed by atoms with Crippen LogP contribution in [0.1, 0.15) is 45.4 Å². The second-order valence-corrected chi connectivity index (χ2v) is 3.49. The lowest BCUT2D eigenvalue weighted by molar-refractivity contribution is -0.150. The number of allylic oxidation sites excluding steroid dienone is 1. The van der Waals surface area contributed by atoms with Gasteiger partial charge in [0.2, 0.25) is 0 Å². The highest BCUT2D eigenvalue weighted by atomic mass is 16.5.